The molecule has 2 rings (SSSR count). The number of aliphatic hydroxyl groups is 2. The maximum Gasteiger partial charge on any atom is 0.339 e. The topological polar surface area (TPSA) is 102 Å². The second-order valence-electron chi connectivity index (χ2n) is 8.10. The van der Waals surface area contributed by atoms with E-state index in [1.54, 1.807) is 13.0 Å². The summed E-state index contributed by atoms with van der Waals surface area (Å²) < 4.78 is 15.5. The monoisotopic (exact) mass is 384 g/mol. The molecule has 0 bridgehead atoms. The number of methoxy groups -OCH3 is 1. The molecule has 7 nitrogen and oxygen atoms in total. The smallest absolute Gasteiger partial charge is 0.339 e. The summed E-state index contributed by atoms with van der Waals surface area (Å²) in [5.41, 5.74) is -1.22. The minimum absolute atomic E-state index is 0.00667. The largest absolute Gasteiger partial charge is 0.465 e. The van der Waals surface area contributed by atoms with Crippen molar-refractivity contribution < 1.29 is 34.0 Å². The Labute approximate surface area is 154 Å². The van der Waals surface area contributed by atoms with Crippen LogP contribution in [0.25, 0.3) is 0 Å². The Kier molecular flexibility index (Phi) is 6.12. The number of carbonyl (C=O) groups excluding carboxylic acids is 2. The van der Waals surface area contributed by atoms with Gasteiger partial charge in [-0.2, -0.15) is 0 Å². The summed E-state index contributed by atoms with van der Waals surface area (Å²) >= 11 is 0. The molecule has 2 N–H and O–H groups in total. The van der Waals surface area contributed by atoms with Gasteiger partial charge in [-0.15, -0.1) is 0 Å². The zero-order chi connectivity index (χ0) is 19.7. The van der Waals surface area contributed by atoms with Crippen LogP contribution in [0.15, 0.2) is 23.3 Å². The Morgan fingerprint density at radius 2 is 2.04 bits per heavy atom. The molecule has 0 radical (unpaired) electrons. The molecule has 2 aliphatic rings. The van der Waals surface area contributed by atoms with Gasteiger partial charge in [0, 0.05) is 21.6 Å². The average Bonchev–Trinajstić information content (AvgIpc) is 2.87. The van der Waals surface area contributed by atoms with E-state index in [9.17, 15) is 19.8 Å². The number of hydrogen-bond donors (Lipinski definition) is 2. The van der Waals surface area contributed by atoms with Gasteiger partial charge in [-0.25, -0.2) is 4.79 Å². The quantitative estimate of drug-likeness (QED) is 0.405. The highest BCUT2D eigenvalue weighted by Crippen LogP contribution is 2.42. The first-order valence-corrected chi connectivity index (χ1v) is 12.4. The van der Waals surface area contributed by atoms with Crippen molar-refractivity contribution in [1.82, 2.24) is 0 Å². The highest BCUT2D eigenvalue weighted by atomic mass is 28.3. The summed E-state index contributed by atoms with van der Waals surface area (Å²) in [4.78, 5) is 24.8. The van der Waals surface area contributed by atoms with Gasteiger partial charge in [-0.3, -0.25) is 4.79 Å². The SMILES string of the molecule is CO[C@H]1C[C@@](O)(C2=CC(O)OC2=O)[C@H](C(=O)OCC[Si](C)(C)C)C=C1C. The second kappa shape index (κ2) is 7.64. The van der Waals surface area contributed by atoms with Crippen LogP contribution in [0.5, 0.6) is 0 Å². The summed E-state index contributed by atoms with van der Waals surface area (Å²) in [6, 6.07) is 0.802. The summed E-state index contributed by atoms with van der Waals surface area (Å²) in [5.74, 6) is -2.52. The highest BCUT2D eigenvalue weighted by Gasteiger charge is 2.53. The molecule has 1 unspecified atom stereocenters. The summed E-state index contributed by atoms with van der Waals surface area (Å²) in [5, 5.41) is 20.8. The molecular weight excluding hydrogens is 356 g/mol. The number of aliphatic hydroxyl groups excluding tert-OH is 1. The Hall–Kier alpha value is -1.48. The van der Waals surface area contributed by atoms with Gasteiger partial charge in [0.05, 0.1) is 18.3 Å². The number of ether oxygens (including phenoxy) is 3. The molecule has 146 valence electrons. The Balaban J connectivity index is 2.29. The van der Waals surface area contributed by atoms with Crippen molar-refractivity contribution in [3.63, 3.8) is 0 Å². The third-order valence-electron chi connectivity index (χ3n) is 4.81. The van der Waals surface area contributed by atoms with Crippen molar-refractivity contribution in [2.24, 2.45) is 5.92 Å². The van der Waals surface area contributed by atoms with Crippen LogP contribution in [-0.2, 0) is 23.8 Å². The average molecular weight is 385 g/mol. The lowest BCUT2D eigenvalue weighted by Crippen LogP contribution is -2.51. The number of esters is 2. The molecule has 0 aromatic carbocycles. The van der Waals surface area contributed by atoms with Gasteiger partial charge in [-0.1, -0.05) is 25.7 Å². The van der Waals surface area contributed by atoms with Crippen molar-refractivity contribution in [2.45, 2.75) is 57.0 Å². The minimum atomic E-state index is -1.86. The third-order valence-corrected chi connectivity index (χ3v) is 6.51. The first-order valence-electron chi connectivity index (χ1n) is 8.69. The molecular formula is C18H28O7Si. The van der Waals surface area contributed by atoms with E-state index >= 15 is 0 Å². The van der Waals surface area contributed by atoms with Crippen LogP contribution in [0, 0.1) is 5.92 Å². The molecule has 0 saturated carbocycles. The van der Waals surface area contributed by atoms with Crippen molar-refractivity contribution in [3.8, 4) is 0 Å². The van der Waals surface area contributed by atoms with Gasteiger partial charge in [0.2, 0.25) is 6.29 Å². The van der Waals surface area contributed by atoms with Crippen molar-refractivity contribution in [3.05, 3.63) is 23.3 Å². The normalized spacial score (nSPS) is 32.0. The first kappa shape index (κ1) is 20.8. The Morgan fingerprint density at radius 1 is 1.38 bits per heavy atom. The van der Waals surface area contributed by atoms with Crippen LogP contribution in [0.3, 0.4) is 0 Å². The zero-order valence-corrected chi connectivity index (χ0v) is 16.9. The molecule has 1 heterocycles. The summed E-state index contributed by atoms with van der Waals surface area (Å²) in [6.07, 6.45) is 0.808. The van der Waals surface area contributed by atoms with Crippen LogP contribution in [0.4, 0.5) is 0 Å². The van der Waals surface area contributed by atoms with Crippen molar-refractivity contribution in [2.75, 3.05) is 13.7 Å². The summed E-state index contributed by atoms with van der Waals surface area (Å²) in [7, 11) is 0.112. The second-order valence-corrected chi connectivity index (χ2v) is 13.7. The zero-order valence-electron chi connectivity index (χ0n) is 15.9. The number of carbonyl (C=O) groups is 2. The fourth-order valence-electron chi connectivity index (χ4n) is 3.17. The third kappa shape index (κ3) is 4.43. The minimum Gasteiger partial charge on any atom is -0.465 e. The molecule has 1 aliphatic carbocycles. The lowest BCUT2D eigenvalue weighted by Gasteiger charge is -2.40. The molecule has 1 aliphatic heterocycles. The standard InChI is InChI=1S/C18H28O7Si/c1-11-8-12(16(20)24-6-7-26(3,4)5)18(22,10-14(11)23-2)13-9-15(19)25-17(13)21/h8-9,12,14-15,19,22H,6-7,10H2,1-5H3/t12-,14-,15?,18-/m0/s1. The van der Waals surface area contributed by atoms with E-state index in [4.69, 9.17) is 14.2 Å². The van der Waals surface area contributed by atoms with Crippen LogP contribution in [0.1, 0.15) is 13.3 Å². The maximum atomic E-state index is 12.7. The van der Waals surface area contributed by atoms with Crippen LogP contribution < -0.4 is 0 Å². The van der Waals surface area contributed by atoms with E-state index in [1.807, 2.05) is 0 Å². The predicted octanol–water partition coefficient (Wildman–Crippen LogP) is 1.38. The van der Waals surface area contributed by atoms with E-state index in [0.717, 1.165) is 17.7 Å². The van der Waals surface area contributed by atoms with Crippen LogP contribution in [0.2, 0.25) is 25.7 Å². The lowest BCUT2D eigenvalue weighted by atomic mass is 9.71. The van der Waals surface area contributed by atoms with Gasteiger partial charge in [-0.05, 0) is 24.6 Å². The van der Waals surface area contributed by atoms with Crippen LogP contribution in [-0.4, -0.2) is 61.9 Å². The lowest BCUT2D eigenvalue weighted by molar-refractivity contribution is -0.159. The van der Waals surface area contributed by atoms with Crippen LogP contribution >= 0.6 is 0 Å². The van der Waals surface area contributed by atoms with Crippen molar-refractivity contribution in [1.29, 1.82) is 0 Å². The molecule has 0 saturated heterocycles. The van der Waals surface area contributed by atoms with Gasteiger partial charge in [0.15, 0.2) is 0 Å². The van der Waals surface area contributed by atoms with Gasteiger partial charge < -0.3 is 24.4 Å². The summed E-state index contributed by atoms with van der Waals surface area (Å²) in [6.45, 7) is 8.59. The number of hydrogen-bond acceptors (Lipinski definition) is 7. The Bertz CT molecular complexity index is 634. The van der Waals surface area contributed by atoms with E-state index in [0.29, 0.717) is 0 Å². The highest BCUT2D eigenvalue weighted by molar-refractivity contribution is 6.76. The molecule has 0 spiro atoms. The predicted molar refractivity (Wildman–Crippen MR) is 96.9 cm³/mol. The van der Waals surface area contributed by atoms with E-state index in [-0.39, 0.29) is 18.6 Å². The Morgan fingerprint density at radius 3 is 2.54 bits per heavy atom. The fourth-order valence-corrected chi connectivity index (χ4v) is 3.89. The van der Waals surface area contributed by atoms with Gasteiger partial charge in [0.25, 0.3) is 0 Å². The molecule has 0 amide bonds. The molecule has 26 heavy (non-hydrogen) atoms. The molecule has 0 aromatic heterocycles. The maximum absolute atomic E-state index is 12.7. The van der Waals surface area contributed by atoms with E-state index < -0.39 is 43.9 Å². The first-order chi connectivity index (χ1) is 12.0. The number of rotatable bonds is 6. The fraction of sp³-hybridized carbons (Fsp3) is 0.667. The van der Waals surface area contributed by atoms with Gasteiger partial charge in [0.1, 0.15) is 11.5 Å². The van der Waals surface area contributed by atoms with E-state index in [2.05, 4.69) is 19.6 Å². The molecule has 8 heteroatoms. The van der Waals surface area contributed by atoms with Crippen molar-refractivity contribution >= 4 is 20.0 Å². The van der Waals surface area contributed by atoms with E-state index in [1.165, 1.54) is 7.11 Å². The molecule has 4 atom stereocenters. The van der Waals surface area contributed by atoms with Gasteiger partial charge >= 0.3 is 11.9 Å². The molecule has 0 fully saturated rings. The molecule has 0 aromatic rings. The number of cyclic esters (lactones) is 1.